The average molecular weight is 407 g/mol. The summed E-state index contributed by atoms with van der Waals surface area (Å²) in [6.07, 6.45) is 2.68. The predicted molar refractivity (Wildman–Crippen MR) is 106 cm³/mol. The van der Waals surface area contributed by atoms with Crippen LogP contribution in [0, 0.1) is 6.92 Å². The van der Waals surface area contributed by atoms with E-state index in [1.807, 2.05) is 6.07 Å². The number of nitrogens with one attached hydrogen (secondary N) is 1. The smallest absolute Gasteiger partial charge is 0.312 e. The molecule has 0 saturated heterocycles. The molecule has 2 heterocycles. The van der Waals surface area contributed by atoms with Gasteiger partial charge in [-0.05, 0) is 56.4 Å². The van der Waals surface area contributed by atoms with Gasteiger partial charge in [-0.25, -0.2) is 9.78 Å². The van der Waals surface area contributed by atoms with Crippen LogP contribution < -0.4 is 10.2 Å². The number of urea groups is 1. The lowest BCUT2D eigenvalue weighted by molar-refractivity contribution is -0.0882. The Morgan fingerprint density at radius 3 is 2.69 bits per heavy atom. The molecule has 0 bridgehead atoms. The van der Waals surface area contributed by atoms with Gasteiger partial charge in [-0.15, -0.1) is 0 Å². The number of fused-ring (bicyclic) bond motifs is 1. The van der Waals surface area contributed by atoms with Crippen molar-refractivity contribution in [3.8, 4) is 0 Å². The molecule has 1 aromatic heterocycles. The number of amides is 2. The Morgan fingerprint density at radius 1 is 1.34 bits per heavy atom. The molecule has 29 heavy (non-hydrogen) atoms. The summed E-state index contributed by atoms with van der Waals surface area (Å²) in [5.41, 5.74) is 1.32. The highest BCUT2D eigenvalue weighted by Crippen LogP contribution is 2.28. The lowest BCUT2D eigenvalue weighted by atomic mass is 10.0. The van der Waals surface area contributed by atoms with E-state index in [0.717, 1.165) is 36.1 Å². The summed E-state index contributed by atoms with van der Waals surface area (Å²) in [7, 11) is 0. The van der Waals surface area contributed by atoms with E-state index in [9.17, 15) is 22.8 Å². The third kappa shape index (κ3) is 5.79. The number of carbonyl (C=O) groups is 2. The van der Waals surface area contributed by atoms with Crippen LogP contribution in [0.4, 0.5) is 23.8 Å². The number of alkyl halides is 3. The molecule has 0 aromatic carbocycles. The van der Waals surface area contributed by atoms with Crippen LogP contribution in [0.3, 0.4) is 0 Å². The van der Waals surface area contributed by atoms with Gasteiger partial charge in [-0.2, -0.15) is 13.2 Å². The van der Waals surface area contributed by atoms with Crippen LogP contribution in [0.1, 0.15) is 48.3 Å². The first kappa shape index (κ1) is 22.4. The van der Waals surface area contributed by atoms with E-state index < -0.39 is 17.8 Å². The molecule has 156 valence electrons. The summed E-state index contributed by atoms with van der Waals surface area (Å²) in [6, 6.07) is 1.34. The maximum atomic E-state index is 13.0. The number of halogens is 3. The van der Waals surface area contributed by atoms with Crippen LogP contribution in [0.2, 0.25) is 0 Å². The molecule has 2 rings (SSSR count). The normalized spacial score (nSPS) is 15.4. The van der Waals surface area contributed by atoms with Gasteiger partial charge in [-0.3, -0.25) is 9.69 Å². The van der Waals surface area contributed by atoms with Gasteiger partial charge in [0.1, 0.15) is 11.5 Å². The van der Waals surface area contributed by atoms with Gasteiger partial charge >= 0.3 is 12.2 Å². The van der Waals surface area contributed by atoms with Crippen LogP contribution in [0.25, 0.3) is 0 Å². The van der Waals surface area contributed by atoms with Crippen molar-refractivity contribution >= 4 is 18.1 Å². The fourth-order valence-electron chi connectivity index (χ4n) is 2.92. The molecular formula is C21H24F3N3O2. The molecule has 0 fully saturated rings. The van der Waals surface area contributed by atoms with Crippen molar-refractivity contribution in [1.29, 1.82) is 0 Å². The number of aromatic nitrogens is 1. The fourth-order valence-corrected chi connectivity index (χ4v) is 2.92. The van der Waals surface area contributed by atoms with Crippen molar-refractivity contribution in [2.75, 3.05) is 11.4 Å². The second-order valence-electron chi connectivity index (χ2n) is 6.76. The number of rotatable bonds is 5. The van der Waals surface area contributed by atoms with Gasteiger partial charge in [0.2, 0.25) is 0 Å². The number of allylic oxidation sites excluding steroid dienone is 6. The van der Waals surface area contributed by atoms with Crippen LogP contribution in [-0.2, 0) is 6.42 Å². The van der Waals surface area contributed by atoms with E-state index >= 15 is 0 Å². The van der Waals surface area contributed by atoms with Crippen LogP contribution in [-0.4, -0.2) is 30.0 Å². The van der Waals surface area contributed by atoms with Crippen molar-refractivity contribution in [2.45, 2.75) is 46.2 Å². The minimum atomic E-state index is -4.48. The van der Waals surface area contributed by atoms with E-state index in [1.165, 1.54) is 24.0 Å². The summed E-state index contributed by atoms with van der Waals surface area (Å²) in [5.74, 6) is 0.409. The van der Waals surface area contributed by atoms with Crippen LogP contribution >= 0.6 is 0 Å². The molecular weight excluding hydrogens is 383 g/mol. The summed E-state index contributed by atoms with van der Waals surface area (Å²) in [6.45, 7) is 5.44. The van der Waals surface area contributed by atoms with E-state index in [0.29, 0.717) is 25.1 Å². The number of carbonyl (C=O) groups excluding carboxylic acids is 2. The fraction of sp³-hybridized carbons (Fsp3) is 0.381. The number of hydrogen-bond acceptors (Lipinski definition) is 3. The topological polar surface area (TPSA) is 62.3 Å². The quantitative estimate of drug-likeness (QED) is 0.550. The maximum absolute atomic E-state index is 13.0. The number of aldehydes is 1. The number of hydrogen-bond donors (Lipinski definition) is 1. The zero-order chi connectivity index (χ0) is 21.6. The molecule has 0 atom stereocenters. The zero-order valence-electron chi connectivity index (χ0n) is 16.6. The van der Waals surface area contributed by atoms with Crippen LogP contribution in [0.15, 0.2) is 41.6 Å². The summed E-state index contributed by atoms with van der Waals surface area (Å²) in [4.78, 5) is 29.5. The Morgan fingerprint density at radius 2 is 2.07 bits per heavy atom. The van der Waals surface area contributed by atoms with E-state index in [2.05, 4.69) is 10.3 Å². The highest BCUT2D eigenvalue weighted by molar-refractivity contribution is 5.93. The van der Waals surface area contributed by atoms with Crippen molar-refractivity contribution < 1.29 is 22.8 Å². The minimum absolute atomic E-state index is 0.260. The molecule has 5 nitrogen and oxygen atoms in total. The maximum Gasteiger partial charge on any atom is 0.416 e. The highest BCUT2D eigenvalue weighted by atomic mass is 19.4. The summed E-state index contributed by atoms with van der Waals surface area (Å²) in [5, 5.41) is 2.59. The van der Waals surface area contributed by atoms with E-state index in [1.54, 1.807) is 13.8 Å². The number of anilines is 1. The molecule has 0 aliphatic carbocycles. The second-order valence-corrected chi connectivity index (χ2v) is 6.76. The molecule has 1 aliphatic heterocycles. The van der Waals surface area contributed by atoms with Gasteiger partial charge < -0.3 is 5.32 Å². The largest absolute Gasteiger partial charge is 0.416 e. The van der Waals surface area contributed by atoms with Gasteiger partial charge in [-0.1, -0.05) is 25.1 Å². The molecule has 1 aliphatic rings. The number of pyridine rings is 1. The Labute approximate surface area is 168 Å². The third-order valence-corrected chi connectivity index (χ3v) is 4.43. The zero-order valence-corrected chi connectivity index (χ0v) is 16.6. The standard InChI is InChI=1S/C21H24F3N3O2/c1-4-5-8-17(21(22,23)24)10-9-15(3)25-20(29)27-11-6-7-16-12-14(2)18(13-28)26-19(16)27/h5,8-10,12-13H,4,6-7,11H2,1-3H3,(H,25,29)/b8-5+,15-9+,17-10+. The third-order valence-electron chi connectivity index (χ3n) is 4.43. The molecule has 2 amide bonds. The van der Waals surface area contributed by atoms with E-state index in [4.69, 9.17) is 0 Å². The van der Waals surface area contributed by atoms with Crippen molar-refractivity contribution in [2.24, 2.45) is 0 Å². The van der Waals surface area contributed by atoms with Crippen molar-refractivity contribution in [3.63, 3.8) is 0 Å². The molecule has 8 heteroatoms. The number of aryl methyl sites for hydroxylation is 2. The minimum Gasteiger partial charge on any atom is -0.312 e. The lowest BCUT2D eigenvalue weighted by Crippen LogP contribution is -2.42. The van der Waals surface area contributed by atoms with Crippen LogP contribution in [0.5, 0.6) is 0 Å². The predicted octanol–water partition coefficient (Wildman–Crippen LogP) is 5.02. The molecule has 1 aromatic rings. The second kappa shape index (κ2) is 9.54. The summed E-state index contributed by atoms with van der Waals surface area (Å²) >= 11 is 0. The first-order valence-electron chi connectivity index (χ1n) is 9.34. The summed E-state index contributed by atoms with van der Waals surface area (Å²) < 4.78 is 39.1. The molecule has 1 N–H and O–H groups in total. The SMILES string of the molecule is CC/C=C/C(=C\C=C(/C)NC(=O)N1CCCc2cc(C)c(C=O)nc21)C(F)(F)F. The Bertz CT molecular complexity index is 871. The average Bonchev–Trinajstić information content (AvgIpc) is 2.65. The Balaban J connectivity index is 2.22. The van der Waals surface area contributed by atoms with Crippen molar-refractivity contribution in [3.05, 3.63) is 58.5 Å². The molecule has 0 saturated carbocycles. The molecule has 0 spiro atoms. The first-order chi connectivity index (χ1) is 13.7. The molecule has 0 unspecified atom stereocenters. The van der Waals surface area contributed by atoms with Gasteiger partial charge in [0, 0.05) is 12.2 Å². The lowest BCUT2D eigenvalue weighted by Gasteiger charge is -2.29. The number of nitrogens with zero attached hydrogens (tertiary/aromatic N) is 2. The Kier molecular flexibility index (Phi) is 7.36. The van der Waals surface area contributed by atoms with E-state index in [-0.39, 0.29) is 11.4 Å². The molecule has 0 radical (unpaired) electrons. The van der Waals surface area contributed by atoms with Gasteiger partial charge in [0.05, 0.1) is 5.57 Å². The highest BCUT2D eigenvalue weighted by Gasteiger charge is 2.31. The van der Waals surface area contributed by atoms with Gasteiger partial charge in [0.25, 0.3) is 0 Å². The Hall–Kier alpha value is -2.90. The van der Waals surface area contributed by atoms with Crippen molar-refractivity contribution in [1.82, 2.24) is 10.3 Å². The van der Waals surface area contributed by atoms with Gasteiger partial charge in [0.15, 0.2) is 6.29 Å². The first-order valence-corrected chi connectivity index (χ1v) is 9.34. The monoisotopic (exact) mass is 407 g/mol.